The predicted octanol–water partition coefficient (Wildman–Crippen LogP) is 23.1. The molecule has 0 aliphatic rings. The van der Waals surface area contributed by atoms with E-state index >= 15 is 0 Å². The summed E-state index contributed by atoms with van der Waals surface area (Å²) in [5.74, 6) is 3.42. The van der Waals surface area contributed by atoms with Crippen LogP contribution in [0.3, 0.4) is 0 Å². The van der Waals surface area contributed by atoms with Gasteiger partial charge in [0.1, 0.15) is 34.7 Å². The minimum Gasteiger partial charge on any atom is -0.451 e. The van der Waals surface area contributed by atoms with Crippen molar-refractivity contribution >= 4 is 34.0 Å². The van der Waals surface area contributed by atoms with Gasteiger partial charge < -0.3 is 23.2 Å². The number of H-pyrrole nitrogens is 2. The largest absolute Gasteiger partial charge is 0.451 e. The van der Waals surface area contributed by atoms with Crippen LogP contribution < -0.4 is 0 Å². The number of nitrogens with zero attached hydrogens (tertiary/aromatic N) is 17. The fourth-order valence-electron chi connectivity index (χ4n) is 7.58. The van der Waals surface area contributed by atoms with Crippen molar-refractivity contribution in [1.82, 2.24) is 95.4 Å². The minimum atomic E-state index is -0.0174. The van der Waals surface area contributed by atoms with Crippen molar-refractivity contribution in [1.29, 1.82) is 0 Å². The van der Waals surface area contributed by atoms with E-state index in [1.807, 2.05) is 86.8 Å². The summed E-state index contributed by atoms with van der Waals surface area (Å²) in [6.07, 6.45) is 29.1. The number of pyridine rings is 1. The number of hydrogen-bond acceptors (Lipinski definition) is 23. The molecule has 2 N–H and O–H groups in total. The van der Waals surface area contributed by atoms with Gasteiger partial charge in [0.2, 0.25) is 12.3 Å². The van der Waals surface area contributed by atoms with E-state index in [0.717, 1.165) is 45.3 Å². The molecule has 25 heteroatoms. The van der Waals surface area contributed by atoms with Gasteiger partial charge in [-0.1, -0.05) is 255 Å². The highest BCUT2D eigenvalue weighted by molar-refractivity contribution is 7.09. The van der Waals surface area contributed by atoms with Crippen molar-refractivity contribution in [3.8, 4) is 0 Å². The number of rotatable bonds is 0. The van der Waals surface area contributed by atoms with E-state index in [-0.39, 0.29) is 65.0 Å². The van der Waals surface area contributed by atoms with Crippen LogP contribution in [0, 0.1) is 0 Å². The van der Waals surface area contributed by atoms with Gasteiger partial charge in [-0.3, -0.25) is 15.0 Å². The second-order valence-corrected chi connectivity index (χ2v) is 40.7. The molecule has 12 heterocycles. The lowest BCUT2D eigenvalue weighted by Gasteiger charge is -2.16. The number of hydrogen-bond donors (Lipinski definition) is 2. The molecule has 12 rings (SSSR count). The molecule has 0 unspecified atom stereocenters. The maximum atomic E-state index is 5.09. The van der Waals surface area contributed by atoms with Crippen molar-refractivity contribution < 1.29 is 13.3 Å². The smallest absolute Gasteiger partial charge is 0.221 e. The molecule has 12 aromatic heterocycles. The highest BCUT2D eigenvalue weighted by atomic mass is 32.1. The molecule has 0 amide bonds. The van der Waals surface area contributed by atoms with Gasteiger partial charge in [0.25, 0.3) is 0 Å². The molecule has 112 heavy (non-hydrogen) atoms. The first-order valence-corrected chi connectivity index (χ1v) is 40.3. The van der Waals surface area contributed by atoms with E-state index in [1.165, 1.54) is 29.2 Å². The Bertz CT molecular complexity index is 3420. The molecule has 0 radical (unpaired) electrons. The molecule has 12 aromatic rings. The monoisotopic (exact) mass is 1590 g/mol. The third kappa shape index (κ3) is 44.4. The Labute approximate surface area is 684 Å². The first kappa shape index (κ1) is 101. The van der Waals surface area contributed by atoms with Crippen LogP contribution in [0.5, 0.6) is 0 Å². The fraction of sp³-hybridized carbons (Fsp3) is 0.552. The van der Waals surface area contributed by atoms with Crippen molar-refractivity contribution in [2.45, 2.75) is 314 Å². The van der Waals surface area contributed by atoms with E-state index < -0.39 is 0 Å². The SMILES string of the molecule is CC(C)(C)c1ccccn1.CC(C)(C)c1cccnn1.CC(C)(C)c1cnc[nH]1.CC(C)(C)c1cnccn1.CC(C)(C)c1cocn1.CC(C)(C)c1cscn1.CC(C)(C)c1ncc[nH]1.CC(C)(C)c1ncccn1.CC(C)(C)c1ncco1.CC(C)(C)c1nccs1.CC(C)(C)c1nnco1.CC(C)(C)c1nncs1. The van der Waals surface area contributed by atoms with E-state index in [0.29, 0.717) is 5.89 Å². The maximum Gasteiger partial charge on any atom is 0.221 e. The Morgan fingerprint density at radius 1 is 0.330 bits per heavy atom. The molecule has 0 aliphatic heterocycles. The topological polar surface area (TPSA) is 290 Å². The van der Waals surface area contributed by atoms with Gasteiger partial charge in [-0.2, -0.15) is 10.2 Å². The van der Waals surface area contributed by atoms with E-state index in [4.69, 9.17) is 13.3 Å². The summed E-state index contributed by atoms with van der Waals surface area (Å²) in [6, 6.07) is 11.7. The molecular weight excluding hydrogens is 1460 g/mol. The highest BCUT2D eigenvalue weighted by Crippen LogP contribution is 2.27. The normalized spacial score (nSPS) is 11.8. The van der Waals surface area contributed by atoms with Crippen LogP contribution in [-0.4, -0.2) is 95.4 Å². The first-order valence-electron chi connectivity index (χ1n) is 37.6. The Hall–Kier alpha value is -8.81. The summed E-state index contributed by atoms with van der Waals surface area (Å²) < 4.78 is 14.9. The van der Waals surface area contributed by atoms with Gasteiger partial charge in [-0.25, -0.2) is 39.9 Å². The zero-order valence-corrected chi connectivity index (χ0v) is 77.1. The summed E-state index contributed by atoms with van der Waals surface area (Å²) in [5, 5.41) is 29.3. The van der Waals surface area contributed by atoms with Gasteiger partial charge >= 0.3 is 0 Å². The number of imidazole rings is 2. The van der Waals surface area contributed by atoms with Gasteiger partial charge in [0, 0.05) is 155 Å². The van der Waals surface area contributed by atoms with Crippen molar-refractivity contribution in [3.63, 3.8) is 0 Å². The fourth-order valence-corrected chi connectivity index (χ4v) is 9.72. The number of thiazole rings is 2. The molecule has 0 aliphatic carbocycles. The summed E-state index contributed by atoms with van der Waals surface area (Å²) >= 11 is 4.98. The van der Waals surface area contributed by atoms with Crippen LogP contribution >= 0.6 is 34.0 Å². The third-order valence-electron chi connectivity index (χ3n) is 14.4. The number of nitrogens with one attached hydrogen (secondary N) is 2. The Balaban J connectivity index is 0.000000611. The van der Waals surface area contributed by atoms with Crippen LogP contribution in [0.1, 0.15) is 317 Å². The zero-order valence-electron chi connectivity index (χ0n) is 74.6. The number of oxazole rings is 2. The molecule has 0 bridgehead atoms. The number of aromatic nitrogens is 19. The number of aromatic amines is 2. The molecule has 22 nitrogen and oxygen atoms in total. The summed E-state index contributed by atoms with van der Waals surface area (Å²) in [7, 11) is 0. The maximum absolute atomic E-state index is 5.09. The Morgan fingerprint density at radius 2 is 0.911 bits per heavy atom. The van der Waals surface area contributed by atoms with Gasteiger partial charge in [-0.15, -0.1) is 54.4 Å². The van der Waals surface area contributed by atoms with Crippen molar-refractivity contribution in [2.75, 3.05) is 0 Å². The van der Waals surface area contributed by atoms with Crippen LogP contribution in [0.25, 0.3) is 0 Å². The molecule has 0 aromatic carbocycles. The van der Waals surface area contributed by atoms with Gasteiger partial charge in [0.05, 0.1) is 45.8 Å². The first-order chi connectivity index (χ1) is 51.3. The highest BCUT2D eigenvalue weighted by Gasteiger charge is 2.23. The lowest BCUT2D eigenvalue weighted by Crippen LogP contribution is -2.14. The predicted molar refractivity (Wildman–Crippen MR) is 463 cm³/mol. The molecule has 0 saturated heterocycles. The quantitative estimate of drug-likeness (QED) is 0.143. The van der Waals surface area contributed by atoms with Crippen molar-refractivity contribution in [2.24, 2.45) is 0 Å². The minimum absolute atomic E-state index is 0.0174. The summed E-state index contributed by atoms with van der Waals surface area (Å²) in [5.41, 5.74) is 11.9. The lowest BCUT2D eigenvalue weighted by atomic mass is 9.92. The summed E-state index contributed by atoms with van der Waals surface area (Å²) in [6.45, 7) is 76.4. The average molecular weight is 1590 g/mol. The molecule has 0 saturated carbocycles. The van der Waals surface area contributed by atoms with Crippen LogP contribution in [0.4, 0.5) is 0 Å². The molecule has 0 atom stereocenters. The molecule has 616 valence electrons. The third-order valence-corrected chi connectivity index (χ3v) is 17.3. The second kappa shape index (κ2) is 45.8. The van der Waals surface area contributed by atoms with Gasteiger partial charge in [0.15, 0.2) is 12.3 Å². The second-order valence-electron chi connectivity index (χ2n) is 38.3. The van der Waals surface area contributed by atoms with Crippen LogP contribution in [0.2, 0.25) is 0 Å². The van der Waals surface area contributed by atoms with E-state index in [9.17, 15) is 0 Å². The van der Waals surface area contributed by atoms with E-state index in [2.05, 4.69) is 335 Å². The van der Waals surface area contributed by atoms with Crippen LogP contribution in [0.15, 0.2) is 177 Å². The molecular formula is C87H137N19O3S3. The standard InChI is InChI=1S/C9H13N.3C8H12N2.2C7H12N2.2C7H11NO.2C7H11NS.C6H10N2O.C6H10N2S/c1-9(2,3)8-6-4-5-7-10-8;1-8(2,3)7-6-9-4-5-10-7;1-8(2,3)7-9-5-4-6-10-7;1-8(2,3)7-5-4-6-9-10-7;1-7(2,3)6-4-8-5-9-6;1-7(2,3)6-8-4-5-9-6;1-7(2,3)6-4-9-5-8-6;1-7(2,3)6-8-4-5-9-6;1-7(2,3)6-4-9-5-8-6;1-7(2,3)6-8-4-5-9-6;2*1-6(2,3)5-8-7-4-9-5/h4-7H,1-3H3;3*4-6H,1-3H3;2*4-5H,1-3H3,(H,8,9);4*4-5H,1-3H3;2*4H,1-3H3. The Morgan fingerprint density at radius 3 is 1.16 bits per heavy atom. The zero-order chi connectivity index (χ0) is 85.7. The van der Waals surface area contributed by atoms with Crippen LogP contribution in [-0.2, 0) is 65.0 Å². The Kier molecular flexibility index (Phi) is 41.4. The lowest BCUT2D eigenvalue weighted by molar-refractivity contribution is 0.392. The van der Waals surface area contributed by atoms with Gasteiger partial charge in [-0.05, 0) is 30.3 Å². The summed E-state index contributed by atoms with van der Waals surface area (Å²) in [4.78, 5) is 51.4. The molecule has 0 spiro atoms. The van der Waals surface area contributed by atoms with E-state index in [1.54, 1.807) is 108 Å². The van der Waals surface area contributed by atoms with Crippen molar-refractivity contribution in [3.05, 3.63) is 232 Å². The average Bonchev–Trinajstić information content (AvgIpc) is 1.86. The molecule has 0 fully saturated rings.